The summed E-state index contributed by atoms with van der Waals surface area (Å²) in [6.45, 7) is 6.79. The van der Waals surface area contributed by atoms with Crippen LogP contribution >= 0.6 is 0 Å². The molecule has 0 radical (unpaired) electrons. The van der Waals surface area contributed by atoms with E-state index in [4.69, 9.17) is 0 Å². The van der Waals surface area contributed by atoms with Crippen LogP contribution in [0.4, 0.5) is 0 Å². The summed E-state index contributed by atoms with van der Waals surface area (Å²) in [6, 6.07) is 0.717. The van der Waals surface area contributed by atoms with E-state index in [2.05, 4.69) is 26.2 Å². The van der Waals surface area contributed by atoms with Crippen LogP contribution in [0.1, 0.15) is 78.6 Å². The molecule has 0 unspecified atom stereocenters. The average Bonchev–Trinajstić information content (AvgIpc) is 2.58. The van der Waals surface area contributed by atoms with E-state index in [1.165, 1.54) is 38.5 Å². The summed E-state index contributed by atoms with van der Waals surface area (Å²) in [4.78, 5) is 0. The van der Waals surface area contributed by atoms with Crippen LogP contribution in [0, 0.1) is 34.5 Å². The molecule has 9 atom stereocenters. The van der Waals surface area contributed by atoms with E-state index in [1.807, 2.05) is 6.92 Å². The number of nitrogens with one attached hydrogen (secondary N) is 1. The Morgan fingerprint density at radius 1 is 0.880 bits per heavy atom. The van der Waals surface area contributed by atoms with Crippen LogP contribution in [-0.2, 0) is 0 Å². The number of rotatable bonds is 1. The number of aliphatic hydroxyl groups excluding tert-OH is 1. The van der Waals surface area contributed by atoms with Crippen LogP contribution < -0.4 is 5.32 Å². The van der Waals surface area contributed by atoms with Gasteiger partial charge in [-0.15, -0.1) is 0 Å². The Balaban J connectivity index is 1.62. The Kier molecular flexibility index (Phi) is 4.34. The smallest absolute Gasteiger partial charge is 0.0933 e. The third kappa shape index (κ3) is 2.41. The highest BCUT2D eigenvalue weighted by Gasteiger charge is 2.63. The molecule has 3 nitrogen and oxygen atoms in total. The SMILES string of the molecule is CN[C@H]1CC[C@@]2(C)[C@@H](CC[C@@H]3[C@H]2CC[C@@]2(C)[C@H]3CC[C@H](O)[C@]2(C)O)C1. The van der Waals surface area contributed by atoms with Gasteiger partial charge in [0.15, 0.2) is 0 Å². The van der Waals surface area contributed by atoms with Crippen LogP contribution in [-0.4, -0.2) is 35.0 Å². The van der Waals surface area contributed by atoms with E-state index in [0.29, 0.717) is 17.4 Å². The predicted octanol–water partition coefficient (Wildman–Crippen LogP) is 3.73. The summed E-state index contributed by atoms with van der Waals surface area (Å²) in [6.07, 6.45) is 10.4. The monoisotopic (exact) mass is 349 g/mol. The molecule has 0 heterocycles. The highest BCUT2D eigenvalue weighted by Crippen LogP contribution is 2.66. The van der Waals surface area contributed by atoms with Crippen LogP contribution in [0.15, 0.2) is 0 Å². The fraction of sp³-hybridized carbons (Fsp3) is 1.00. The average molecular weight is 350 g/mol. The predicted molar refractivity (Wildman–Crippen MR) is 101 cm³/mol. The van der Waals surface area contributed by atoms with E-state index in [1.54, 1.807) is 0 Å². The lowest BCUT2D eigenvalue weighted by atomic mass is 9.41. The van der Waals surface area contributed by atoms with Crippen molar-refractivity contribution in [1.82, 2.24) is 5.32 Å². The molecule has 3 N–H and O–H groups in total. The Morgan fingerprint density at radius 2 is 1.64 bits per heavy atom. The van der Waals surface area contributed by atoms with Gasteiger partial charge in [0.1, 0.15) is 0 Å². The highest BCUT2D eigenvalue weighted by molar-refractivity contribution is 5.13. The molecule has 4 rings (SSSR count). The minimum atomic E-state index is -0.928. The second-order valence-corrected chi connectivity index (χ2v) is 10.6. The fourth-order valence-electron chi connectivity index (χ4n) is 8.00. The third-order valence-electron chi connectivity index (χ3n) is 10.0. The summed E-state index contributed by atoms with van der Waals surface area (Å²) in [5.41, 5.74) is -0.543. The number of aliphatic hydroxyl groups is 2. The molecule has 0 amide bonds. The van der Waals surface area contributed by atoms with Gasteiger partial charge >= 0.3 is 0 Å². The van der Waals surface area contributed by atoms with Crippen molar-refractivity contribution in [2.75, 3.05) is 7.05 Å². The standard InChI is InChI=1S/C22H39NO2/c1-20-11-9-15(23-4)13-14(20)5-6-16-17(20)10-12-21(2)18(16)7-8-19(24)22(21,3)25/h14-19,23-25H,5-13H2,1-4H3/t14-,15-,16+,17+,18-,19-,20-,21-,22-/m0/s1. The fourth-order valence-corrected chi connectivity index (χ4v) is 8.00. The third-order valence-corrected chi connectivity index (χ3v) is 10.0. The second kappa shape index (κ2) is 5.94. The molecule has 0 aromatic heterocycles. The zero-order chi connectivity index (χ0) is 18.0. The van der Waals surface area contributed by atoms with Gasteiger partial charge in [-0.25, -0.2) is 0 Å². The van der Waals surface area contributed by atoms with Crippen molar-refractivity contribution in [3.8, 4) is 0 Å². The van der Waals surface area contributed by atoms with Crippen LogP contribution in [0.25, 0.3) is 0 Å². The first kappa shape index (κ1) is 18.3. The summed E-state index contributed by atoms with van der Waals surface area (Å²) < 4.78 is 0. The Morgan fingerprint density at radius 3 is 2.36 bits per heavy atom. The molecule has 3 heteroatoms. The van der Waals surface area contributed by atoms with Gasteiger partial charge < -0.3 is 15.5 Å². The molecule has 0 spiro atoms. The van der Waals surface area contributed by atoms with E-state index < -0.39 is 11.7 Å². The topological polar surface area (TPSA) is 52.5 Å². The molecular formula is C22H39NO2. The van der Waals surface area contributed by atoms with Gasteiger partial charge in [-0.1, -0.05) is 13.8 Å². The van der Waals surface area contributed by atoms with Crippen molar-refractivity contribution >= 4 is 0 Å². The molecule has 4 aliphatic carbocycles. The minimum absolute atomic E-state index is 0.114. The van der Waals surface area contributed by atoms with Gasteiger partial charge in [-0.3, -0.25) is 0 Å². The molecule has 0 bridgehead atoms. The largest absolute Gasteiger partial charge is 0.390 e. The van der Waals surface area contributed by atoms with Crippen LogP contribution in [0.2, 0.25) is 0 Å². The normalized spacial score (nSPS) is 58.8. The molecule has 4 saturated carbocycles. The summed E-state index contributed by atoms with van der Waals surface area (Å²) >= 11 is 0. The first-order valence-corrected chi connectivity index (χ1v) is 10.8. The maximum Gasteiger partial charge on any atom is 0.0933 e. The molecule has 0 aliphatic heterocycles. The van der Waals surface area contributed by atoms with Gasteiger partial charge in [-0.2, -0.15) is 0 Å². The zero-order valence-corrected chi connectivity index (χ0v) is 16.7. The maximum absolute atomic E-state index is 11.2. The van der Waals surface area contributed by atoms with Gasteiger partial charge in [0.2, 0.25) is 0 Å². The van der Waals surface area contributed by atoms with Crippen molar-refractivity contribution in [3.05, 3.63) is 0 Å². The van der Waals surface area contributed by atoms with Crippen LogP contribution in [0.3, 0.4) is 0 Å². The number of hydrogen-bond donors (Lipinski definition) is 3. The van der Waals surface area contributed by atoms with Crippen molar-refractivity contribution in [1.29, 1.82) is 0 Å². The summed E-state index contributed by atoms with van der Waals surface area (Å²) in [5.74, 6) is 3.04. The van der Waals surface area contributed by atoms with Crippen molar-refractivity contribution in [2.45, 2.75) is 96.3 Å². The molecule has 0 saturated heterocycles. The van der Waals surface area contributed by atoms with E-state index >= 15 is 0 Å². The molecule has 0 aromatic rings. The molecule has 0 aromatic carbocycles. The van der Waals surface area contributed by atoms with Crippen LogP contribution in [0.5, 0.6) is 0 Å². The van der Waals surface area contributed by atoms with Crippen molar-refractivity contribution < 1.29 is 10.2 Å². The van der Waals surface area contributed by atoms with Crippen molar-refractivity contribution in [3.63, 3.8) is 0 Å². The lowest BCUT2D eigenvalue weighted by Gasteiger charge is -2.65. The summed E-state index contributed by atoms with van der Waals surface area (Å²) in [5, 5.41) is 25.2. The summed E-state index contributed by atoms with van der Waals surface area (Å²) in [7, 11) is 2.13. The Labute approximate surface area is 154 Å². The lowest BCUT2D eigenvalue weighted by Crippen LogP contribution is -2.65. The second-order valence-electron chi connectivity index (χ2n) is 10.6. The van der Waals surface area contributed by atoms with Gasteiger partial charge in [0.25, 0.3) is 0 Å². The van der Waals surface area contributed by atoms with E-state index in [9.17, 15) is 10.2 Å². The molecule has 144 valence electrons. The first-order valence-electron chi connectivity index (χ1n) is 10.8. The number of hydrogen-bond acceptors (Lipinski definition) is 3. The van der Waals surface area contributed by atoms with E-state index in [-0.39, 0.29) is 5.41 Å². The van der Waals surface area contributed by atoms with E-state index in [0.717, 1.165) is 37.0 Å². The molecule has 25 heavy (non-hydrogen) atoms. The zero-order valence-electron chi connectivity index (χ0n) is 16.7. The van der Waals surface area contributed by atoms with Gasteiger partial charge in [-0.05, 0) is 101 Å². The quantitative estimate of drug-likeness (QED) is 0.676. The molecule has 4 fully saturated rings. The Hall–Kier alpha value is -0.120. The van der Waals surface area contributed by atoms with Crippen molar-refractivity contribution in [2.24, 2.45) is 34.5 Å². The molecule has 4 aliphatic rings. The lowest BCUT2D eigenvalue weighted by molar-refractivity contribution is -0.235. The van der Waals surface area contributed by atoms with Gasteiger partial charge in [0, 0.05) is 11.5 Å². The highest BCUT2D eigenvalue weighted by atomic mass is 16.3. The maximum atomic E-state index is 11.2. The van der Waals surface area contributed by atoms with Gasteiger partial charge in [0.05, 0.1) is 11.7 Å². The first-order chi connectivity index (χ1) is 11.7. The number of fused-ring (bicyclic) bond motifs is 5. The minimum Gasteiger partial charge on any atom is -0.390 e. The Bertz CT molecular complexity index is 520. The molecular weight excluding hydrogens is 310 g/mol.